The Morgan fingerprint density at radius 1 is 1.30 bits per heavy atom. The number of carbonyl (C=O) groups excluding carboxylic acids is 1. The summed E-state index contributed by atoms with van der Waals surface area (Å²) in [5, 5.41) is 6.49. The Kier molecular flexibility index (Phi) is 4.48. The molecule has 1 heterocycles. The van der Waals surface area contributed by atoms with Crippen LogP contribution in [0.3, 0.4) is 0 Å². The Hall–Kier alpha value is -1.35. The van der Waals surface area contributed by atoms with Gasteiger partial charge in [0.15, 0.2) is 0 Å². The van der Waals surface area contributed by atoms with Crippen molar-refractivity contribution in [2.24, 2.45) is 0 Å². The molecule has 0 spiro atoms. The topological polar surface area (TPSA) is 41.1 Å². The van der Waals surface area contributed by atoms with Gasteiger partial charge in [0, 0.05) is 25.0 Å². The Balaban J connectivity index is 1.89. The van der Waals surface area contributed by atoms with Gasteiger partial charge in [0.1, 0.15) is 0 Å². The summed E-state index contributed by atoms with van der Waals surface area (Å²) in [6.45, 7) is 9.70. The molecule has 0 bridgehead atoms. The van der Waals surface area contributed by atoms with Crippen LogP contribution in [0.25, 0.3) is 0 Å². The maximum Gasteiger partial charge on any atom is 0.220 e. The molecule has 1 aromatic rings. The summed E-state index contributed by atoms with van der Waals surface area (Å²) >= 11 is 0. The predicted octanol–water partition coefficient (Wildman–Crippen LogP) is 2.91. The minimum atomic E-state index is 0.180. The Bertz CT molecular complexity index is 459. The molecule has 1 saturated heterocycles. The molecular formula is C17H26N2O. The van der Waals surface area contributed by atoms with E-state index in [4.69, 9.17) is 0 Å². The number of rotatable bonds is 4. The van der Waals surface area contributed by atoms with Gasteiger partial charge < -0.3 is 10.6 Å². The van der Waals surface area contributed by atoms with Crippen LogP contribution in [0.15, 0.2) is 24.3 Å². The lowest BCUT2D eigenvalue weighted by Crippen LogP contribution is -2.36. The largest absolute Gasteiger partial charge is 0.352 e. The summed E-state index contributed by atoms with van der Waals surface area (Å²) in [7, 11) is 0. The Labute approximate surface area is 122 Å². The molecule has 2 atom stereocenters. The fourth-order valence-corrected chi connectivity index (χ4v) is 2.54. The first kappa shape index (κ1) is 15.0. The van der Waals surface area contributed by atoms with Gasteiger partial charge in [-0.1, -0.05) is 45.0 Å². The van der Waals surface area contributed by atoms with E-state index >= 15 is 0 Å². The number of benzene rings is 1. The maximum absolute atomic E-state index is 11.2. The third-order valence-electron chi connectivity index (χ3n) is 4.03. The summed E-state index contributed by atoms with van der Waals surface area (Å²) in [6.07, 6.45) is 1.61. The Morgan fingerprint density at radius 2 is 1.95 bits per heavy atom. The van der Waals surface area contributed by atoms with Gasteiger partial charge in [-0.15, -0.1) is 0 Å². The van der Waals surface area contributed by atoms with Crippen molar-refractivity contribution in [1.29, 1.82) is 0 Å². The van der Waals surface area contributed by atoms with E-state index in [0.717, 1.165) is 13.0 Å². The van der Waals surface area contributed by atoms with Crippen molar-refractivity contribution in [3.8, 4) is 0 Å². The van der Waals surface area contributed by atoms with Crippen molar-refractivity contribution >= 4 is 5.91 Å². The van der Waals surface area contributed by atoms with Crippen molar-refractivity contribution < 1.29 is 4.79 Å². The summed E-state index contributed by atoms with van der Waals surface area (Å²) < 4.78 is 0. The first-order valence-corrected chi connectivity index (χ1v) is 7.49. The zero-order valence-electron chi connectivity index (χ0n) is 13.0. The van der Waals surface area contributed by atoms with Gasteiger partial charge in [0.25, 0.3) is 0 Å². The highest BCUT2D eigenvalue weighted by atomic mass is 16.1. The molecule has 1 aromatic carbocycles. The van der Waals surface area contributed by atoms with Gasteiger partial charge >= 0.3 is 0 Å². The van der Waals surface area contributed by atoms with Crippen LogP contribution >= 0.6 is 0 Å². The van der Waals surface area contributed by atoms with Crippen molar-refractivity contribution in [3.63, 3.8) is 0 Å². The van der Waals surface area contributed by atoms with Crippen LogP contribution < -0.4 is 10.6 Å². The molecular weight excluding hydrogens is 248 g/mol. The van der Waals surface area contributed by atoms with E-state index in [1.807, 2.05) is 0 Å². The number of hydrogen-bond acceptors (Lipinski definition) is 2. The lowest BCUT2D eigenvalue weighted by Gasteiger charge is -2.21. The highest BCUT2D eigenvalue weighted by Crippen LogP contribution is 2.23. The SMILES string of the molecule is CC(NCC1CCC(=O)N1)c1ccc(C(C)(C)C)cc1. The molecule has 0 aromatic heterocycles. The molecule has 2 N–H and O–H groups in total. The molecule has 2 rings (SSSR count). The van der Waals surface area contributed by atoms with Gasteiger partial charge in [-0.05, 0) is 29.9 Å². The molecule has 2 unspecified atom stereocenters. The monoisotopic (exact) mass is 274 g/mol. The summed E-state index contributed by atoms with van der Waals surface area (Å²) in [6, 6.07) is 9.42. The lowest BCUT2D eigenvalue weighted by molar-refractivity contribution is -0.119. The summed E-state index contributed by atoms with van der Waals surface area (Å²) in [5.41, 5.74) is 2.85. The van der Waals surface area contributed by atoms with Gasteiger partial charge in [-0.3, -0.25) is 4.79 Å². The van der Waals surface area contributed by atoms with Gasteiger partial charge in [0.2, 0.25) is 5.91 Å². The van der Waals surface area contributed by atoms with Crippen LogP contribution in [0.5, 0.6) is 0 Å². The minimum Gasteiger partial charge on any atom is -0.352 e. The third-order valence-corrected chi connectivity index (χ3v) is 4.03. The molecule has 1 amide bonds. The summed E-state index contributed by atoms with van der Waals surface area (Å²) in [4.78, 5) is 11.2. The van der Waals surface area contributed by atoms with Gasteiger partial charge in [-0.25, -0.2) is 0 Å². The molecule has 1 fully saturated rings. The zero-order chi connectivity index (χ0) is 14.8. The lowest BCUT2D eigenvalue weighted by atomic mass is 9.86. The van der Waals surface area contributed by atoms with E-state index in [2.05, 4.69) is 62.6 Å². The fourth-order valence-electron chi connectivity index (χ4n) is 2.54. The highest BCUT2D eigenvalue weighted by molar-refractivity contribution is 5.78. The van der Waals surface area contributed by atoms with E-state index in [9.17, 15) is 4.79 Å². The molecule has 0 radical (unpaired) electrons. The van der Waals surface area contributed by atoms with Crippen LogP contribution in [0.4, 0.5) is 0 Å². The molecule has 3 nitrogen and oxygen atoms in total. The third kappa shape index (κ3) is 3.83. The second-order valence-electron chi connectivity index (χ2n) is 6.81. The van der Waals surface area contributed by atoms with E-state index in [1.165, 1.54) is 11.1 Å². The molecule has 1 aliphatic rings. The minimum absolute atomic E-state index is 0.180. The van der Waals surface area contributed by atoms with E-state index in [0.29, 0.717) is 18.5 Å². The van der Waals surface area contributed by atoms with Crippen LogP contribution in [0.1, 0.15) is 57.7 Å². The predicted molar refractivity (Wildman–Crippen MR) is 82.7 cm³/mol. The Morgan fingerprint density at radius 3 is 2.45 bits per heavy atom. The number of hydrogen-bond donors (Lipinski definition) is 2. The van der Waals surface area contributed by atoms with Crippen LogP contribution in [0, 0.1) is 0 Å². The van der Waals surface area contributed by atoms with E-state index in [1.54, 1.807) is 0 Å². The fraction of sp³-hybridized carbons (Fsp3) is 0.588. The average molecular weight is 274 g/mol. The molecule has 20 heavy (non-hydrogen) atoms. The van der Waals surface area contributed by atoms with Gasteiger partial charge in [-0.2, -0.15) is 0 Å². The normalized spacial score (nSPS) is 20.8. The zero-order valence-corrected chi connectivity index (χ0v) is 13.0. The molecule has 3 heteroatoms. The van der Waals surface area contributed by atoms with E-state index < -0.39 is 0 Å². The number of carbonyl (C=O) groups is 1. The van der Waals surface area contributed by atoms with Crippen molar-refractivity contribution in [1.82, 2.24) is 10.6 Å². The molecule has 0 saturated carbocycles. The average Bonchev–Trinajstić information content (AvgIpc) is 2.81. The van der Waals surface area contributed by atoms with Crippen molar-refractivity contribution in [2.45, 2.75) is 58.0 Å². The van der Waals surface area contributed by atoms with Gasteiger partial charge in [0.05, 0.1) is 0 Å². The van der Waals surface area contributed by atoms with Crippen LogP contribution in [-0.4, -0.2) is 18.5 Å². The highest BCUT2D eigenvalue weighted by Gasteiger charge is 2.21. The second kappa shape index (κ2) is 5.96. The number of nitrogens with one attached hydrogen (secondary N) is 2. The smallest absolute Gasteiger partial charge is 0.220 e. The standard InChI is InChI=1S/C17H26N2O/c1-12(18-11-15-9-10-16(20)19-15)13-5-7-14(8-6-13)17(2,3)4/h5-8,12,15,18H,9-11H2,1-4H3,(H,19,20). The second-order valence-corrected chi connectivity index (χ2v) is 6.81. The first-order valence-electron chi connectivity index (χ1n) is 7.49. The molecule has 1 aliphatic heterocycles. The van der Waals surface area contributed by atoms with Crippen LogP contribution in [0.2, 0.25) is 0 Å². The van der Waals surface area contributed by atoms with Crippen molar-refractivity contribution in [3.05, 3.63) is 35.4 Å². The molecule has 0 aliphatic carbocycles. The summed E-state index contributed by atoms with van der Waals surface area (Å²) in [5.74, 6) is 0.180. The van der Waals surface area contributed by atoms with E-state index in [-0.39, 0.29) is 11.3 Å². The molecule has 110 valence electrons. The van der Waals surface area contributed by atoms with Crippen molar-refractivity contribution in [2.75, 3.05) is 6.54 Å². The quantitative estimate of drug-likeness (QED) is 0.886. The first-order chi connectivity index (χ1) is 9.36. The number of amides is 1. The maximum atomic E-state index is 11.2. The van der Waals surface area contributed by atoms with Crippen LogP contribution in [-0.2, 0) is 10.2 Å².